The van der Waals surface area contributed by atoms with E-state index in [-0.39, 0.29) is 4.90 Å². The van der Waals surface area contributed by atoms with Crippen molar-refractivity contribution in [2.45, 2.75) is 11.8 Å². The maximum Gasteiger partial charge on any atom is 0.264 e. The molecule has 7 heteroatoms. The molecule has 0 atom stereocenters. The molecule has 0 aliphatic carbocycles. The summed E-state index contributed by atoms with van der Waals surface area (Å²) in [5.74, 6) is 0.871. The van der Waals surface area contributed by atoms with Crippen LogP contribution < -0.4 is 13.8 Å². The quantitative estimate of drug-likeness (QED) is 0.636. The molecule has 2 aromatic rings. The summed E-state index contributed by atoms with van der Waals surface area (Å²) in [6.45, 7) is 2.13. The number of rotatable bonds is 6. The van der Waals surface area contributed by atoms with Gasteiger partial charge >= 0.3 is 0 Å². The first-order valence-electron chi connectivity index (χ1n) is 6.94. The number of anilines is 1. The molecule has 0 unspecified atom stereocenters. The van der Waals surface area contributed by atoms with Crippen molar-refractivity contribution in [1.82, 2.24) is 0 Å². The minimum Gasteiger partial charge on any atom is -0.493 e. The lowest BCUT2D eigenvalue weighted by atomic mass is 10.3. The molecule has 5 nitrogen and oxygen atoms in total. The number of ether oxygens (including phenoxy) is 2. The molecular weight excluding hydrogens is 429 g/mol. The van der Waals surface area contributed by atoms with Gasteiger partial charge in [0.05, 0.1) is 24.8 Å². The molecule has 0 fully saturated rings. The summed E-state index contributed by atoms with van der Waals surface area (Å²) in [4.78, 5) is 0.163. The van der Waals surface area contributed by atoms with E-state index in [1.165, 1.54) is 30.7 Å². The molecule has 0 aromatic heterocycles. The van der Waals surface area contributed by atoms with E-state index in [0.717, 1.165) is 3.57 Å². The smallest absolute Gasteiger partial charge is 0.264 e. The minimum absolute atomic E-state index is 0.163. The molecule has 124 valence electrons. The number of hydrogen-bond donors (Lipinski definition) is 0. The van der Waals surface area contributed by atoms with Gasteiger partial charge in [-0.25, -0.2) is 8.42 Å². The number of sulfonamides is 1. The Morgan fingerprint density at radius 2 is 1.61 bits per heavy atom. The second-order valence-corrected chi connectivity index (χ2v) is 7.77. The highest BCUT2D eigenvalue weighted by molar-refractivity contribution is 14.1. The van der Waals surface area contributed by atoms with Crippen molar-refractivity contribution in [3.8, 4) is 11.5 Å². The van der Waals surface area contributed by atoms with Gasteiger partial charge in [-0.15, -0.1) is 0 Å². The van der Waals surface area contributed by atoms with Crippen LogP contribution in [-0.4, -0.2) is 29.2 Å². The van der Waals surface area contributed by atoms with E-state index in [9.17, 15) is 8.42 Å². The fourth-order valence-electron chi connectivity index (χ4n) is 2.20. The second-order valence-electron chi connectivity index (χ2n) is 4.66. The standard InChI is InChI=1S/C16H18INO4S/c1-4-18(13-7-5-12(17)6-8-13)23(19,20)14-9-10-15(21-2)16(11-14)22-3/h5-11H,4H2,1-3H3. The van der Waals surface area contributed by atoms with Crippen molar-refractivity contribution in [3.63, 3.8) is 0 Å². The Bertz CT molecular complexity index is 775. The summed E-state index contributed by atoms with van der Waals surface area (Å²) in [5.41, 5.74) is 0.628. The van der Waals surface area contributed by atoms with Crippen LogP contribution >= 0.6 is 22.6 Å². The number of hydrogen-bond acceptors (Lipinski definition) is 4. The number of methoxy groups -OCH3 is 2. The number of halogens is 1. The highest BCUT2D eigenvalue weighted by Crippen LogP contribution is 2.32. The van der Waals surface area contributed by atoms with Gasteiger partial charge in [-0.05, 0) is 65.9 Å². The monoisotopic (exact) mass is 447 g/mol. The third kappa shape index (κ3) is 3.72. The maximum absolute atomic E-state index is 12.9. The predicted molar refractivity (Wildman–Crippen MR) is 98.9 cm³/mol. The van der Waals surface area contributed by atoms with Gasteiger partial charge in [0.15, 0.2) is 11.5 Å². The maximum atomic E-state index is 12.9. The van der Waals surface area contributed by atoms with Crippen LogP contribution in [0.5, 0.6) is 11.5 Å². The number of benzene rings is 2. The van der Waals surface area contributed by atoms with Crippen LogP contribution in [0.25, 0.3) is 0 Å². The number of nitrogens with zero attached hydrogens (tertiary/aromatic N) is 1. The fourth-order valence-corrected chi connectivity index (χ4v) is 4.05. The van der Waals surface area contributed by atoms with Gasteiger partial charge in [0.1, 0.15) is 0 Å². The van der Waals surface area contributed by atoms with E-state index in [4.69, 9.17) is 9.47 Å². The lowest BCUT2D eigenvalue weighted by molar-refractivity contribution is 0.354. The van der Waals surface area contributed by atoms with Crippen LogP contribution in [0, 0.1) is 3.57 Å². The molecule has 0 bridgehead atoms. The summed E-state index contributed by atoms with van der Waals surface area (Å²) in [6.07, 6.45) is 0. The van der Waals surface area contributed by atoms with Gasteiger partial charge < -0.3 is 9.47 Å². The molecule has 0 saturated carbocycles. The molecule has 0 aliphatic heterocycles. The normalized spacial score (nSPS) is 11.1. The Kier molecular flexibility index (Phi) is 5.74. The topological polar surface area (TPSA) is 55.8 Å². The summed E-state index contributed by atoms with van der Waals surface area (Å²) in [7, 11) is -0.692. The van der Waals surface area contributed by atoms with Crippen molar-refractivity contribution in [3.05, 3.63) is 46.0 Å². The average Bonchev–Trinajstić information content (AvgIpc) is 2.56. The zero-order chi connectivity index (χ0) is 17.0. The Labute approximate surface area is 150 Å². The molecule has 23 heavy (non-hydrogen) atoms. The van der Waals surface area contributed by atoms with E-state index < -0.39 is 10.0 Å². The van der Waals surface area contributed by atoms with E-state index in [0.29, 0.717) is 23.7 Å². The zero-order valence-corrected chi connectivity index (χ0v) is 16.1. The third-order valence-electron chi connectivity index (χ3n) is 3.34. The zero-order valence-electron chi connectivity index (χ0n) is 13.1. The minimum atomic E-state index is -3.68. The van der Waals surface area contributed by atoms with Crippen LogP contribution in [0.3, 0.4) is 0 Å². The summed E-state index contributed by atoms with van der Waals surface area (Å²) in [6, 6.07) is 11.9. The third-order valence-corrected chi connectivity index (χ3v) is 5.96. The van der Waals surface area contributed by atoms with Gasteiger partial charge in [0.25, 0.3) is 10.0 Å². The lowest BCUT2D eigenvalue weighted by Gasteiger charge is -2.23. The van der Waals surface area contributed by atoms with Crippen LogP contribution in [0.15, 0.2) is 47.4 Å². The van der Waals surface area contributed by atoms with Crippen molar-refractivity contribution in [1.29, 1.82) is 0 Å². The largest absolute Gasteiger partial charge is 0.493 e. The van der Waals surface area contributed by atoms with Crippen molar-refractivity contribution in [2.75, 3.05) is 25.1 Å². The second kappa shape index (κ2) is 7.39. The van der Waals surface area contributed by atoms with Gasteiger partial charge in [-0.2, -0.15) is 0 Å². The van der Waals surface area contributed by atoms with Gasteiger partial charge in [-0.3, -0.25) is 4.31 Å². The predicted octanol–water partition coefficient (Wildman–Crippen LogP) is 3.52. The molecule has 0 heterocycles. The van der Waals surface area contributed by atoms with Crippen LogP contribution in [0.1, 0.15) is 6.92 Å². The van der Waals surface area contributed by atoms with Crippen LogP contribution in [0.2, 0.25) is 0 Å². The molecule has 0 spiro atoms. The van der Waals surface area contributed by atoms with Crippen molar-refractivity contribution in [2.24, 2.45) is 0 Å². The molecule has 2 aromatic carbocycles. The molecule has 0 N–H and O–H groups in total. The van der Waals surface area contributed by atoms with Gasteiger partial charge in [-0.1, -0.05) is 0 Å². The Balaban J connectivity index is 2.48. The summed E-state index contributed by atoms with van der Waals surface area (Å²) < 4.78 is 38.7. The van der Waals surface area contributed by atoms with E-state index in [2.05, 4.69) is 22.6 Å². The average molecular weight is 447 g/mol. The van der Waals surface area contributed by atoms with Crippen molar-refractivity contribution >= 4 is 38.3 Å². The first kappa shape index (κ1) is 17.9. The molecule has 0 amide bonds. The van der Waals surface area contributed by atoms with E-state index >= 15 is 0 Å². The first-order chi connectivity index (χ1) is 10.9. The van der Waals surface area contributed by atoms with E-state index in [1.54, 1.807) is 25.1 Å². The lowest BCUT2D eigenvalue weighted by Crippen LogP contribution is -2.30. The molecule has 0 radical (unpaired) electrons. The Morgan fingerprint density at radius 3 is 2.13 bits per heavy atom. The Hall–Kier alpha value is -1.48. The summed E-state index contributed by atoms with van der Waals surface area (Å²) in [5, 5.41) is 0. The van der Waals surface area contributed by atoms with Gasteiger partial charge in [0, 0.05) is 16.2 Å². The van der Waals surface area contributed by atoms with Crippen molar-refractivity contribution < 1.29 is 17.9 Å². The van der Waals surface area contributed by atoms with Crippen LogP contribution in [0.4, 0.5) is 5.69 Å². The van der Waals surface area contributed by atoms with Gasteiger partial charge in [0.2, 0.25) is 0 Å². The molecule has 0 aliphatic rings. The molecule has 0 saturated heterocycles. The van der Waals surface area contributed by atoms with E-state index in [1.807, 2.05) is 12.1 Å². The Morgan fingerprint density at radius 1 is 1.00 bits per heavy atom. The first-order valence-corrected chi connectivity index (χ1v) is 9.46. The summed E-state index contributed by atoms with van der Waals surface area (Å²) >= 11 is 2.18. The molecule has 2 rings (SSSR count). The SMILES string of the molecule is CCN(c1ccc(I)cc1)S(=O)(=O)c1ccc(OC)c(OC)c1. The highest BCUT2D eigenvalue weighted by Gasteiger charge is 2.25. The van der Waals surface area contributed by atoms with Crippen LogP contribution in [-0.2, 0) is 10.0 Å². The molecular formula is C16H18INO4S. The fraction of sp³-hybridized carbons (Fsp3) is 0.250. The highest BCUT2D eigenvalue weighted by atomic mass is 127.